The van der Waals surface area contributed by atoms with Crippen LogP contribution < -0.4 is 14.2 Å². The van der Waals surface area contributed by atoms with Crippen molar-refractivity contribution in [1.29, 1.82) is 0 Å². The minimum absolute atomic E-state index is 0.0314. The number of phenolic OH excluding ortho intramolecular Hbond substituents is 1. The molecule has 0 bridgehead atoms. The number of carboxylic acid groups (broad SMARTS) is 1. The molecule has 208 valence electrons. The molecule has 3 rings (SSSR count). The van der Waals surface area contributed by atoms with Crippen LogP contribution in [0.3, 0.4) is 0 Å². The van der Waals surface area contributed by atoms with Gasteiger partial charge in [-0.15, -0.1) is 0 Å². The molecule has 1 unspecified atom stereocenters. The fourth-order valence-corrected chi connectivity index (χ4v) is 3.63. The van der Waals surface area contributed by atoms with Crippen LogP contribution in [0.4, 0.5) is 0 Å². The Kier molecular flexibility index (Phi) is 9.79. The topological polar surface area (TPSA) is 189 Å². The quantitative estimate of drug-likeness (QED) is 0.199. The van der Waals surface area contributed by atoms with Crippen LogP contribution in [0.5, 0.6) is 23.0 Å². The van der Waals surface area contributed by atoms with Gasteiger partial charge in [0.1, 0.15) is 18.3 Å². The van der Waals surface area contributed by atoms with Gasteiger partial charge in [-0.05, 0) is 47.5 Å². The first-order valence-corrected chi connectivity index (χ1v) is 11.6. The molecule has 1 aliphatic heterocycles. The van der Waals surface area contributed by atoms with E-state index in [0.717, 1.165) is 0 Å². The minimum atomic E-state index is -1.86. The van der Waals surface area contributed by atoms with Crippen LogP contribution in [-0.4, -0.2) is 88.0 Å². The molecule has 2 aromatic carbocycles. The van der Waals surface area contributed by atoms with Crippen molar-refractivity contribution >= 4 is 29.7 Å². The second-order valence-electron chi connectivity index (χ2n) is 8.47. The second-order valence-corrected chi connectivity index (χ2v) is 8.47. The Morgan fingerprint density at radius 3 is 1.95 bits per heavy atom. The molecule has 0 saturated carbocycles. The fraction of sp³-hybridized carbons (Fsp3) is 0.296. The van der Waals surface area contributed by atoms with Crippen LogP contribution in [0.25, 0.3) is 12.2 Å². The van der Waals surface area contributed by atoms with Gasteiger partial charge in [-0.25, -0.2) is 4.79 Å². The average Bonchev–Trinajstić information content (AvgIpc) is 2.91. The number of carbonyl (C=O) groups is 3. The maximum absolute atomic E-state index is 12.3. The number of hydrogen-bond acceptors (Lipinski definition) is 11. The van der Waals surface area contributed by atoms with Crippen molar-refractivity contribution in [3.05, 3.63) is 59.7 Å². The molecule has 1 aliphatic rings. The van der Waals surface area contributed by atoms with Crippen molar-refractivity contribution in [3.63, 3.8) is 0 Å². The van der Waals surface area contributed by atoms with E-state index in [0.29, 0.717) is 11.1 Å². The van der Waals surface area contributed by atoms with Gasteiger partial charge in [0.05, 0.1) is 20.6 Å². The van der Waals surface area contributed by atoms with E-state index < -0.39 is 48.2 Å². The Bertz CT molecular complexity index is 1270. The Hall–Kier alpha value is -4.23. The van der Waals surface area contributed by atoms with Gasteiger partial charge >= 0.3 is 5.97 Å². The Labute approximate surface area is 222 Å². The summed E-state index contributed by atoms with van der Waals surface area (Å²) >= 11 is 0. The highest BCUT2D eigenvalue weighted by molar-refractivity contribution is 6.10. The molecule has 1 fully saturated rings. The number of ketones is 2. The third-order valence-electron chi connectivity index (χ3n) is 5.72. The van der Waals surface area contributed by atoms with E-state index in [-0.39, 0.29) is 29.4 Å². The molecule has 0 radical (unpaired) electrons. The summed E-state index contributed by atoms with van der Waals surface area (Å²) in [5, 5.41) is 48.7. The molecule has 39 heavy (non-hydrogen) atoms. The van der Waals surface area contributed by atoms with Crippen molar-refractivity contribution in [3.8, 4) is 23.0 Å². The number of aliphatic carboxylic acids is 1. The number of methoxy groups -OCH3 is 2. The second kappa shape index (κ2) is 13.0. The average molecular weight is 545 g/mol. The monoisotopic (exact) mass is 544 g/mol. The van der Waals surface area contributed by atoms with Crippen LogP contribution in [0, 0.1) is 0 Å². The molecular weight excluding hydrogens is 516 g/mol. The zero-order valence-electron chi connectivity index (χ0n) is 21.0. The summed E-state index contributed by atoms with van der Waals surface area (Å²) < 4.78 is 20.9. The number of aliphatic hydroxyl groups is 3. The van der Waals surface area contributed by atoms with Crippen LogP contribution in [0.15, 0.2) is 48.6 Å². The molecular formula is C27H28O12. The maximum atomic E-state index is 12.3. The largest absolute Gasteiger partial charge is 0.504 e. The molecule has 1 saturated heterocycles. The zero-order valence-corrected chi connectivity index (χ0v) is 21.0. The van der Waals surface area contributed by atoms with Crippen molar-refractivity contribution in [2.24, 2.45) is 0 Å². The summed E-state index contributed by atoms with van der Waals surface area (Å²) in [6.45, 7) is 0. The van der Waals surface area contributed by atoms with E-state index in [2.05, 4.69) is 0 Å². The van der Waals surface area contributed by atoms with Crippen LogP contribution in [-0.2, 0) is 19.1 Å². The summed E-state index contributed by atoms with van der Waals surface area (Å²) in [7, 11) is 2.73. The van der Waals surface area contributed by atoms with Gasteiger partial charge in [0, 0.05) is 0 Å². The van der Waals surface area contributed by atoms with Gasteiger partial charge in [0.15, 0.2) is 40.7 Å². The molecule has 12 nitrogen and oxygen atoms in total. The highest BCUT2D eigenvalue weighted by Gasteiger charge is 2.48. The van der Waals surface area contributed by atoms with Gasteiger partial charge in [-0.2, -0.15) is 0 Å². The number of carboxylic acids is 1. The highest BCUT2D eigenvalue weighted by atomic mass is 16.7. The number of rotatable bonds is 11. The Morgan fingerprint density at radius 2 is 1.38 bits per heavy atom. The molecule has 0 spiro atoms. The molecule has 2 aromatic rings. The van der Waals surface area contributed by atoms with Crippen LogP contribution in [0.2, 0.25) is 0 Å². The van der Waals surface area contributed by atoms with Gasteiger partial charge in [-0.1, -0.05) is 24.3 Å². The number of phenols is 1. The van der Waals surface area contributed by atoms with Crippen molar-refractivity contribution in [1.82, 2.24) is 0 Å². The predicted octanol–water partition coefficient (Wildman–Crippen LogP) is 0.935. The zero-order chi connectivity index (χ0) is 28.7. The van der Waals surface area contributed by atoms with Crippen LogP contribution in [0.1, 0.15) is 17.5 Å². The number of hydrogen-bond donors (Lipinski definition) is 5. The summed E-state index contributed by atoms with van der Waals surface area (Å²) in [6, 6.07) is 8.96. The van der Waals surface area contributed by atoms with Crippen molar-refractivity contribution < 1.29 is 58.9 Å². The molecule has 12 heteroatoms. The highest BCUT2D eigenvalue weighted by Crippen LogP contribution is 2.32. The summed E-state index contributed by atoms with van der Waals surface area (Å²) in [5.41, 5.74) is 1.10. The fourth-order valence-electron chi connectivity index (χ4n) is 3.63. The molecule has 1 heterocycles. The maximum Gasteiger partial charge on any atom is 0.335 e. The van der Waals surface area contributed by atoms with Gasteiger partial charge in [-0.3, -0.25) is 9.59 Å². The number of benzene rings is 2. The molecule has 5 atom stereocenters. The predicted molar refractivity (Wildman–Crippen MR) is 135 cm³/mol. The van der Waals surface area contributed by atoms with E-state index in [1.54, 1.807) is 12.1 Å². The van der Waals surface area contributed by atoms with E-state index in [1.807, 2.05) is 0 Å². The van der Waals surface area contributed by atoms with Crippen molar-refractivity contribution in [2.75, 3.05) is 14.2 Å². The minimum Gasteiger partial charge on any atom is -0.504 e. The van der Waals surface area contributed by atoms with Gasteiger partial charge in [0.25, 0.3) is 0 Å². The third-order valence-corrected chi connectivity index (χ3v) is 5.72. The first-order valence-electron chi connectivity index (χ1n) is 11.6. The first-order chi connectivity index (χ1) is 18.5. The number of allylic oxidation sites excluding steroid dienone is 2. The Morgan fingerprint density at radius 1 is 0.821 bits per heavy atom. The first kappa shape index (κ1) is 29.3. The lowest BCUT2D eigenvalue weighted by atomic mass is 9.99. The molecule has 0 aromatic heterocycles. The van der Waals surface area contributed by atoms with E-state index >= 15 is 0 Å². The molecule has 0 amide bonds. The van der Waals surface area contributed by atoms with E-state index in [9.17, 15) is 39.9 Å². The smallest absolute Gasteiger partial charge is 0.335 e. The number of ether oxygens (including phenoxy) is 4. The lowest BCUT2D eigenvalue weighted by Crippen LogP contribution is -2.61. The van der Waals surface area contributed by atoms with Gasteiger partial charge in [0.2, 0.25) is 6.29 Å². The van der Waals surface area contributed by atoms with E-state index in [4.69, 9.17) is 18.9 Å². The lowest BCUT2D eigenvalue weighted by Gasteiger charge is -2.38. The lowest BCUT2D eigenvalue weighted by molar-refractivity contribution is -0.271. The SMILES string of the molecule is COc1cc(/C=C/C(=O)CC(=O)/C=C/c2ccc(OC3O[C@H](C(=O)O)[C@@H](O)[C@H](O)[C@H]3O)c(OC)c2)ccc1O. The summed E-state index contributed by atoms with van der Waals surface area (Å²) in [4.78, 5) is 35.7. The van der Waals surface area contributed by atoms with E-state index in [1.165, 1.54) is 62.8 Å². The molecule has 0 aliphatic carbocycles. The van der Waals surface area contributed by atoms with Gasteiger partial charge < -0.3 is 44.5 Å². The Balaban J connectivity index is 1.63. The third kappa shape index (κ3) is 7.42. The number of aliphatic hydroxyl groups excluding tert-OH is 3. The summed E-state index contributed by atoms with van der Waals surface area (Å²) in [5.74, 6) is -2.07. The number of carbonyl (C=O) groups excluding carboxylic acids is 2. The standard InChI is InChI=1S/C27H28O12/c1-36-20-11-14(5-9-18(20)30)3-7-16(28)13-17(29)8-4-15-6-10-19(21(12-15)37-2)38-27-24(33)22(31)23(32)25(39-27)26(34)35/h3-12,22-25,27,30-33H,13H2,1-2H3,(H,34,35)/b7-3+,8-4+/t22-,23-,24+,25-,27?/m0/s1. The normalized spacial score (nSPS) is 23.1. The van der Waals surface area contributed by atoms with Crippen LogP contribution >= 0.6 is 0 Å². The number of aromatic hydroxyl groups is 1. The van der Waals surface area contributed by atoms with Crippen molar-refractivity contribution in [2.45, 2.75) is 37.1 Å². The molecule has 5 N–H and O–H groups in total. The summed E-state index contributed by atoms with van der Waals surface area (Å²) in [6.07, 6.45) is -3.85.